The molecule has 2 N–H and O–H groups in total. The monoisotopic (exact) mass is 479 g/mol. The zero-order chi connectivity index (χ0) is 24.1. The zero-order valence-electron chi connectivity index (χ0n) is 18.5. The van der Waals surface area contributed by atoms with Crippen LogP contribution in [-0.2, 0) is 26.1 Å². The summed E-state index contributed by atoms with van der Waals surface area (Å²) in [5.74, 6) is 0. The number of unbranched alkanes of at least 4 members (excludes halogenated alkanes) is 1. The topological polar surface area (TPSA) is 102 Å². The Kier molecular flexibility index (Phi) is 8.73. The van der Waals surface area contributed by atoms with Gasteiger partial charge in [-0.1, -0.05) is 19.8 Å². The molecule has 180 valence electrons. The summed E-state index contributed by atoms with van der Waals surface area (Å²) < 4.78 is 65.5. The number of rotatable bonds is 11. The number of hydrogen-bond acceptors (Lipinski definition) is 6. The molecule has 0 radical (unpaired) electrons. The lowest BCUT2D eigenvalue weighted by Gasteiger charge is -2.22. The molecule has 1 aromatic carbocycles. The van der Waals surface area contributed by atoms with Gasteiger partial charge in [0.1, 0.15) is 6.29 Å². The van der Waals surface area contributed by atoms with Crippen LogP contribution in [-0.4, -0.2) is 28.8 Å². The molecule has 12 heteroatoms. The molecule has 0 saturated heterocycles. The second-order valence-electron chi connectivity index (χ2n) is 7.38. The van der Waals surface area contributed by atoms with E-state index in [1.165, 1.54) is 0 Å². The van der Waals surface area contributed by atoms with Gasteiger partial charge in [0.25, 0.3) is 0 Å². The van der Waals surface area contributed by atoms with E-state index in [4.69, 9.17) is 9.05 Å². The number of nitrogens with one attached hydrogen (secondary N) is 2. The van der Waals surface area contributed by atoms with Gasteiger partial charge in [0.15, 0.2) is 0 Å². The van der Waals surface area contributed by atoms with Gasteiger partial charge < -0.3 is 19.3 Å². The first-order valence-electron chi connectivity index (χ1n) is 10.5. The molecule has 32 heavy (non-hydrogen) atoms. The van der Waals surface area contributed by atoms with E-state index in [0.717, 1.165) is 29.5 Å². The van der Waals surface area contributed by atoms with Crippen LogP contribution in [0.2, 0.25) is 0 Å². The number of halogens is 3. The van der Waals surface area contributed by atoms with E-state index < -0.39 is 36.7 Å². The number of alkyl halides is 3. The number of aromatic amines is 1. The fourth-order valence-corrected chi connectivity index (χ4v) is 5.00. The van der Waals surface area contributed by atoms with Crippen LogP contribution in [0.1, 0.15) is 52.5 Å². The van der Waals surface area contributed by atoms with Gasteiger partial charge in [-0.2, -0.15) is 13.2 Å². The number of benzene rings is 1. The van der Waals surface area contributed by atoms with Gasteiger partial charge >= 0.3 is 24.9 Å². The van der Waals surface area contributed by atoms with Crippen molar-refractivity contribution < 1.29 is 26.8 Å². The second kappa shape index (κ2) is 10.7. The van der Waals surface area contributed by atoms with Gasteiger partial charge in [0.2, 0.25) is 0 Å². The Bertz CT molecular complexity index is 1090. The third-order valence-corrected chi connectivity index (χ3v) is 6.71. The van der Waals surface area contributed by atoms with Crippen LogP contribution in [0.25, 0.3) is 11.0 Å². The van der Waals surface area contributed by atoms with Crippen LogP contribution in [0.4, 0.5) is 18.9 Å². The van der Waals surface area contributed by atoms with Gasteiger partial charge in [-0.3, -0.25) is 18.7 Å². The first kappa shape index (κ1) is 26.2. The van der Waals surface area contributed by atoms with Crippen molar-refractivity contribution in [2.75, 3.05) is 18.5 Å². The maximum absolute atomic E-state index is 13.7. The van der Waals surface area contributed by atoms with E-state index in [-0.39, 0.29) is 36.0 Å². The Morgan fingerprint density at radius 2 is 1.78 bits per heavy atom. The lowest BCUT2D eigenvalue weighted by atomic mass is 10.1. The minimum Gasteiger partial charge on any atom is -0.382 e. The van der Waals surface area contributed by atoms with Crippen molar-refractivity contribution in [1.82, 2.24) is 9.55 Å². The van der Waals surface area contributed by atoms with E-state index in [1.54, 1.807) is 20.8 Å². The van der Waals surface area contributed by atoms with Crippen molar-refractivity contribution in [3.05, 3.63) is 38.4 Å². The van der Waals surface area contributed by atoms with E-state index in [2.05, 4.69) is 10.3 Å². The molecule has 0 saturated carbocycles. The predicted molar refractivity (Wildman–Crippen MR) is 117 cm³/mol. The Hall–Kier alpha value is -2.10. The maximum atomic E-state index is 13.7. The molecular formula is C20H29F3N3O5P. The number of aromatic nitrogens is 2. The van der Waals surface area contributed by atoms with Gasteiger partial charge in [-0.25, -0.2) is 0 Å². The Morgan fingerprint density at radius 1 is 1.16 bits per heavy atom. The van der Waals surface area contributed by atoms with Gasteiger partial charge in [0.05, 0.1) is 29.8 Å². The van der Waals surface area contributed by atoms with Crippen LogP contribution in [0.15, 0.2) is 21.7 Å². The van der Waals surface area contributed by atoms with Crippen molar-refractivity contribution in [2.24, 2.45) is 0 Å². The average molecular weight is 479 g/mol. The smallest absolute Gasteiger partial charge is 0.382 e. The van der Waals surface area contributed by atoms with Crippen LogP contribution < -0.4 is 16.4 Å². The normalized spacial score (nSPS) is 13.5. The predicted octanol–water partition coefficient (Wildman–Crippen LogP) is 4.92. The van der Waals surface area contributed by atoms with E-state index in [1.807, 2.05) is 6.92 Å². The largest absolute Gasteiger partial charge is 0.418 e. The first-order chi connectivity index (χ1) is 15.0. The van der Waals surface area contributed by atoms with Crippen molar-refractivity contribution in [2.45, 2.75) is 65.5 Å². The number of hydrogen-bond donors (Lipinski definition) is 2. The van der Waals surface area contributed by atoms with E-state index >= 15 is 0 Å². The molecule has 0 aliphatic rings. The van der Waals surface area contributed by atoms with Crippen LogP contribution >= 0.6 is 7.60 Å². The van der Waals surface area contributed by atoms with Crippen molar-refractivity contribution in [1.29, 1.82) is 0 Å². The number of anilines is 1. The van der Waals surface area contributed by atoms with E-state index in [9.17, 15) is 27.3 Å². The summed E-state index contributed by atoms with van der Waals surface area (Å²) in [6.07, 6.45) is -2.95. The molecule has 0 amide bonds. The number of H-pyrrole nitrogens is 1. The lowest BCUT2D eigenvalue weighted by Crippen LogP contribution is -2.37. The van der Waals surface area contributed by atoms with Crippen LogP contribution in [0.5, 0.6) is 0 Å². The molecule has 1 atom stereocenters. The second-order valence-corrected chi connectivity index (χ2v) is 9.40. The molecular weight excluding hydrogens is 450 g/mol. The third kappa shape index (κ3) is 6.24. The molecule has 1 aromatic heterocycles. The van der Waals surface area contributed by atoms with Crippen molar-refractivity contribution in [3.8, 4) is 0 Å². The first-order valence-corrected chi connectivity index (χ1v) is 12.2. The lowest BCUT2D eigenvalue weighted by molar-refractivity contribution is -0.136. The molecule has 2 aromatic rings. The number of fused-ring (bicyclic) bond motifs is 1. The SMILES string of the molecule is CCCCC(C)Nc1cc2c(cc1C(F)(F)F)[nH]c(=O)c(=O)n2CP(=O)(OCC)OCC. The highest BCUT2D eigenvalue weighted by Gasteiger charge is 2.35. The highest BCUT2D eigenvalue weighted by molar-refractivity contribution is 7.52. The summed E-state index contributed by atoms with van der Waals surface area (Å²) in [4.78, 5) is 26.9. The summed E-state index contributed by atoms with van der Waals surface area (Å²) in [6.45, 7) is 6.95. The fraction of sp³-hybridized carbons (Fsp3) is 0.600. The van der Waals surface area contributed by atoms with Gasteiger partial charge in [0, 0.05) is 11.7 Å². The molecule has 0 spiro atoms. The standard InChI is InChI=1S/C20H29F3N3O5P/c1-5-8-9-13(4)24-15-11-17-16(10-14(15)20(21,22)23)25-18(27)19(28)26(17)12-32(29,30-6-2)31-7-3/h10-11,13,24H,5-9,12H2,1-4H3,(H,25,27). The quantitative estimate of drug-likeness (QED) is 0.350. The van der Waals surface area contributed by atoms with E-state index in [0.29, 0.717) is 6.42 Å². The minimum absolute atomic E-state index is 0.0209. The molecule has 0 bridgehead atoms. The summed E-state index contributed by atoms with van der Waals surface area (Å²) >= 11 is 0. The summed E-state index contributed by atoms with van der Waals surface area (Å²) in [5.41, 5.74) is -3.66. The Labute approximate surface area is 183 Å². The third-order valence-electron chi connectivity index (χ3n) is 4.78. The summed E-state index contributed by atoms with van der Waals surface area (Å²) in [5, 5.41) is 2.86. The van der Waals surface area contributed by atoms with Crippen molar-refractivity contribution >= 4 is 24.3 Å². The highest BCUT2D eigenvalue weighted by Crippen LogP contribution is 2.50. The molecule has 1 heterocycles. The van der Waals surface area contributed by atoms with Crippen molar-refractivity contribution in [3.63, 3.8) is 0 Å². The number of nitrogens with zero attached hydrogens (tertiary/aromatic N) is 1. The Morgan fingerprint density at radius 3 is 2.31 bits per heavy atom. The van der Waals surface area contributed by atoms with Gasteiger partial charge in [-0.15, -0.1) is 0 Å². The molecule has 0 fully saturated rings. The minimum atomic E-state index is -4.70. The van der Waals surface area contributed by atoms with Gasteiger partial charge in [-0.05, 0) is 39.3 Å². The highest BCUT2D eigenvalue weighted by atomic mass is 31.2. The average Bonchev–Trinajstić information content (AvgIpc) is 2.69. The molecule has 1 unspecified atom stereocenters. The summed E-state index contributed by atoms with van der Waals surface area (Å²) in [6, 6.07) is 1.64. The zero-order valence-corrected chi connectivity index (χ0v) is 19.4. The summed E-state index contributed by atoms with van der Waals surface area (Å²) in [7, 11) is -3.83. The molecule has 8 nitrogen and oxygen atoms in total. The van der Waals surface area contributed by atoms with Crippen LogP contribution in [0, 0.1) is 0 Å². The fourth-order valence-electron chi connectivity index (χ4n) is 3.35. The maximum Gasteiger partial charge on any atom is 0.418 e. The molecule has 0 aliphatic heterocycles. The van der Waals surface area contributed by atoms with Crippen LogP contribution in [0.3, 0.4) is 0 Å². The molecule has 2 rings (SSSR count). The molecule has 0 aliphatic carbocycles. The Balaban J connectivity index is 2.73.